The van der Waals surface area contributed by atoms with Gasteiger partial charge >= 0.3 is 12.1 Å². The normalized spacial score (nSPS) is 14.3. The Kier molecular flexibility index (Phi) is 5.05. The number of aromatic nitrogens is 2. The van der Waals surface area contributed by atoms with Gasteiger partial charge in [0, 0.05) is 12.6 Å². The second kappa shape index (κ2) is 6.70. The Morgan fingerprint density at radius 1 is 1.46 bits per heavy atom. The molecule has 3 N–H and O–H groups in total. The summed E-state index contributed by atoms with van der Waals surface area (Å²) in [5, 5.41) is 7.79. The maximum absolute atomic E-state index is 10.6. The van der Waals surface area contributed by atoms with Gasteiger partial charge in [-0.3, -0.25) is 0 Å². The van der Waals surface area contributed by atoms with Crippen LogP contribution in [0.4, 0.5) is 19.1 Å². The van der Waals surface area contributed by atoms with Gasteiger partial charge in [-0.05, 0) is 11.6 Å². The predicted octanol–water partition coefficient (Wildman–Crippen LogP) is 2.86. The molecule has 0 saturated heterocycles. The van der Waals surface area contributed by atoms with Crippen LogP contribution in [0.3, 0.4) is 0 Å². The van der Waals surface area contributed by atoms with Crippen LogP contribution < -0.4 is 5.73 Å². The van der Waals surface area contributed by atoms with Gasteiger partial charge in [-0.2, -0.15) is 13.2 Å². The van der Waals surface area contributed by atoms with Gasteiger partial charge in [0.15, 0.2) is 0 Å². The predicted molar refractivity (Wildman–Crippen MR) is 82.6 cm³/mol. The SMILES string of the molecule is Cn1c(N)nc2c(C3=CCOC3)ccc(Cl)c21.O=C(O)C(F)(F)F. The van der Waals surface area contributed by atoms with Crippen LogP contribution in [0.15, 0.2) is 18.2 Å². The molecule has 2 aromatic rings. The summed E-state index contributed by atoms with van der Waals surface area (Å²) in [6, 6.07) is 3.84. The molecule has 130 valence electrons. The lowest BCUT2D eigenvalue weighted by molar-refractivity contribution is -0.192. The fraction of sp³-hybridized carbons (Fsp3) is 0.286. The summed E-state index contributed by atoms with van der Waals surface area (Å²) in [6.45, 7) is 1.27. The van der Waals surface area contributed by atoms with E-state index in [1.54, 1.807) is 4.57 Å². The number of nitrogen functional groups attached to an aromatic ring is 1. The first-order valence-electron chi connectivity index (χ1n) is 6.60. The smallest absolute Gasteiger partial charge is 0.475 e. The summed E-state index contributed by atoms with van der Waals surface area (Å²) in [5.41, 5.74) is 9.74. The third kappa shape index (κ3) is 3.62. The molecular weight excluding hydrogens is 351 g/mol. The molecule has 0 bridgehead atoms. The van der Waals surface area contributed by atoms with Crippen molar-refractivity contribution in [1.82, 2.24) is 9.55 Å². The van der Waals surface area contributed by atoms with Crippen LogP contribution in [0, 0.1) is 0 Å². The molecule has 1 aliphatic rings. The Morgan fingerprint density at radius 2 is 2.08 bits per heavy atom. The Bertz CT molecular complexity index is 815. The Balaban J connectivity index is 0.000000256. The van der Waals surface area contributed by atoms with Gasteiger partial charge in [-0.15, -0.1) is 0 Å². The molecule has 0 saturated carbocycles. The average Bonchev–Trinajstić information content (AvgIpc) is 3.09. The van der Waals surface area contributed by atoms with E-state index in [9.17, 15) is 13.2 Å². The zero-order valence-electron chi connectivity index (χ0n) is 12.4. The molecule has 0 fully saturated rings. The minimum absolute atomic E-state index is 0.467. The molecule has 0 unspecified atom stereocenters. The number of imidazole rings is 1. The highest BCUT2D eigenvalue weighted by Crippen LogP contribution is 2.32. The lowest BCUT2D eigenvalue weighted by Gasteiger charge is -2.05. The van der Waals surface area contributed by atoms with Crippen LogP contribution in [-0.4, -0.2) is 40.0 Å². The average molecular weight is 364 g/mol. The van der Waals surface area contributed by atoms with Gasteiger partial charge in [-0.25, -0.2) is 9.78 Å². The molecule has 6 nitrogen and oxygen atoms in total. The number of fused-ring (bicyclic) bond motifs is 1. The van der Waals surface area contributed by atoms with Crippen molar-refractivity contribution in [3.63, 3.8) is 0 Å². The number of ether oxygens (including phenoxy) is 1. The molecule has 24 heavy (non-hydrogen) atoms. The van der Waals surface area contributed by atoms with Crippen molar-refractivity contribution in [3.8, 4) is 0 Å². The first-order chi connectivity index (χ1) is 11.1. The third-order valence-corrected chi connectivity index (χ3v) is 3.61. The summed E-state index contributed by atoms with van der Waals surface area (Å²) in [7, 11) is 1.86. The molecule has 1 aromatic heterocycles. The number of aryl methyl sites for hydroxylation is 1. The summed E-state index contributed by atoms with van der Waals surface area (Å²) in [5.74, 6) is -2.29. The van der Waals surface area contributed by atoms with E-state index >= 15 is 0 Å². The monoisotopic (exact) mass is 363 g/mol. The molecule has 1 aliphatic heterocycles. The van der Waals surface area contributed by atoms with Crippen LogP contribution in [0.5, 0.6) is 0 Å². The highest BCUT2D eigenvalue weighted by atomic mass is 35.5. The van der Waals surface area contributed by atoms with Crippen molar-refractivity contribution in [3.05, 3.63) is 28.8 Å². The van der Waals surface area contributed by atoms with Crippen molar-refractivity contribution >= 4 is 40.1 Å². The van der Waals surface area contributed by atoms with Gasteiger partial charge in [0.2, 0.25) is 5.95 Å². The summed E-state index contributed by atoms with van der Waals surface area (Å²) < 4.78 is 38.9. The Hall–Kier alpha value is -2.26. The van der Waals surface area contributed by atoms with E-state index in [0.717, 1.165) is 22.2 Å². The molecule has 0 amide bonds. The Morgan fingerprint density at radius 3 is 2.58 bits per heavy atom. The van der Waals surface area contributed by atoms with Gasteiger partial charge < -0.3 is 20.1 Å². The molecular formula is C14H13ClF3N3O3. The molecule has 2 heterocycles. The van der Waals surface area contributed by atoms with E-state index in [1.807, 2.05) is 19.2 Å². The fourth-order valence-corrected chi connectivity index (χ4v) is 2.40. The summed E-state index contributed by atoms with van der Waals surface area (Å²) in [6.07, 6.45) is -3.02. The number of halogens is 4. The van der Waals surface area contributed by atoms with Crippen LogP contribution in [0.1, 0.15) is 5.56 Å². The molecule has 0 spiro atoms. The minimum Gasteiger partial charge on any atom is -0.475 e. The molecule has 10 heteroatoms. The number of hydrogen-bond donors (Lipinski definition) is 2. The van der Waals surface area contributed by atoms with Gasteiger partial charge in [0.05, 0.1) is 29.3 Å². The van der Waals surface area contributed by atoms with Gasteiger partial charge in [0.1, 0.15) is 0 Å². The molecule has 1 aromatic carbocycles. The number of carboxylic acids is 1. The number of alkyl halides is 3. The summed E-state index contributed by atoms with van der Waals surface area (Å²) >= 11 is 6.19. The number of carboxylic acid groups (broad SMARTS) is 1. The van der Waals surface area contributed by atoms with Crippen molar-refractivity contribution in [1.29, 1.82) is 0 Å². The maximum Gasteiger partial charge on any atom is 0.490 e. The van der Waals surface area contributed by atoms with E-state index in [4.69, 9.17) is 32.0 Å². The standard InChI is InChI=1S/C12H12ClN3O.C2HF3O2/c1-16-11-9(13)3-2-8(7-4-5-17-6-7)10(11)15-12(16)14;3-2(4,5)1(6)7/h2-4H,5-6H2,1H3,(H2,14,15);(H,6,7). The lowest BCUT2D eigenvalue weighted by atomic mass is 10.1. The quantitative estimate of drug-likeness (QED) is 0.813. The molecule has 0 atom stereocenters. The van der Waals surface area contributed by atoms with Gasteiger partial charge in [-0.1, -0.05) is 23.7 Å². The fourth-order valence-electron chi connectivity index (χ4n) is 2.13. The number of aliphatic carboxylic acids is 1. The number of nitrogens with zero attached hydrogens (tertiary/aromatic N) is 2. The second-order valence-corrected chi connectivity index (χ2v) is 5.28. The van der Waals surface area contributed by atoms with E-state index in [0.29, 0.717) is 24.2 Å². The molecule has 0 aliphatic carbocycles. The zero-order chi connectivity index (χ0) is 18.1. The van der Waals surface area contributed by atoms with Crippen LogP contribution in [-0.2, 0) is 16.6 Å². The lowest BCUT2D eigenvalue weighted by Crippen LogP contribution is -2.21. The van der Waals surface area contributed by atoms with Crippen molar-refractivity contribution in [2.75, 3.05) is 18.9 Å². The van der Waals surface area contributed by atoms with E-state index in [1.165, 1.54) is 0 Å². The maximum atomic E-state index is 10.6. The van der Waals surface area contributed by atoms with Crippen molar-refractivity contribution in [2.45, 2.75) is 6.18 Å². The minimum atomic E-state index is -5.08. The van der Waals surface area contributed by atoms with E-state index in [2.05, 4.69) is 11.1 Å². The molecule has 3 rings (SSSR count). The summed E-state index contributed by atoms with van der Waals surface area (Å²) in [4.78, 5) is 13.3. The highest BCUT2D eigenvalue weighted by molar-refractivity contribution is 6.35. The Labute approximate surface area is 139 Å². The van der Waals surface area contributed by atoms with Crippen molar-refractivity contribution in [2.24, 2.45) is 7.05 Å². The highest BCUT2D eigenvalue weighted by Gasteiger charge is 2.38. The van der Waals surface area contributed by atoms with Crippen LogP contribution in [0.25, 0.3) is 16.6 Å². The number of hydrogen-bond acceptors (Lipinski definition) is 4. The van der Waals surface area contributed by atoms with E-state index < -0.39 is 12.1 Å². The first-order valence-corrected chi connectivity index (χ1v) is 6.98. The second-order valence-electron chi connectivity index (χ2n) is 4.87. The number of nitrogens with two attached hydrogens (primary N) is 1. The number of rotatable bonds is 1. The number of anilines is 1. The van der Waals surface area contributed by atoms with Gasteiger partial charge in [0.25, 0.3) is 0 Å². The first kappa shape index (κ1) is 18.1. The zero-order valence-corrected chi connectivity index (χ0v) is 13.1. The van der Waals surface area contributed by atoms with Crippen LogP contribution >= 0.6 is 11.6 Å². The van der Waals surface area contributed by atoms with Crippen molar-refractivity contribution < 1.29 is 27.8 Å². The topological polar surface area (TPSA) is 90.4 Å². The number of benzene rings is 1. The third-order valence-electron chi connectivity index (χ3n) is 3.30. The number of carbonyl (C=O) groups is 1. The molecule has 0 radical (unpaired) electrons. The van der Waals surface area contributed by atoms with E-state index in [-0.39, 0.29) is 0 Å². The van der Waals surface area contributed by atoms with Crippen LogP contribution in [0.2, 0.25) is 5.02 Å². The largest absolute Gasteiger partial charge is 0.490 e.